The molecule has 5 nitrogen and oxygen atoms in total. The summed E-state index contributed by atoms with van der Waals surface area (Å²) in [5.41, 5.74) is -1.69. The van der Waals surface area contributed by atoms with Crippen LogP contribution in [0, 0.1) is 16.2 Å². The minimum Gasteiger partial charge on any atom is -0.429 e. The Morgan fingerprint density at radius 3 is 2.15 bits per heavy atom. The molecule has 0 bridgehead atoms. The van der Waals surface area contributed by atoms with Gasteiger partial charge in [-0.05, 0) is 67.0 Å². The molecule has 1 aromatic carbocycles. The summed E-state index contributed by atoms with van der Waals surface area (Å²) < 4.78 is 5.85. The van der Waals surface area contributed by atoms with Crippen LogP contribution in [0.5, 0.6) is 0 Å². The zero-order valence-electron chi connectivity index (χ0n) is 20.4. The van der Waals surface area contributed by atoms with Gasteiger partial charge in [-0.1, -0.05) is 30.7 Å². The molecule has 0 unspecified atom stereocenters. The van der Waals surface area contributed by atoms with Crippen molar-refractivity contribution in [2.24, 2.45) is 16.2 Å². The van der Waals surface area contributed by atoms with E-state index in [-0.39, 0.29) is 22.9 Å². The number of Topliss-reactive ketones (excluding diaryl/α,β-unsaturated/α-hetero) is 2. The number of benzene rings is 1. The van der Waals surface area contributed by atoms with Crippen LogP contribution in [0.4, 0.5) is 0 Å². The maximum absolute atomic E-state index is 13.7. The zero-order chi connectivity index (χ0) is 24.9. The molecule has 1 aromatic heterocycles. The number of carbonyl (C=O) groups is 3. The van der Waals surface area contributed by atoms with Crippen LogP contribution < -0.4 is 0 Å². The van der Waals surface area contributed by atoms with E-state index in [1.807, 2.05) is 19.1 Å². The molecule has 0 aliphatic heterocycles. The van der Waals surface area contributed by atoms with Gasteiger partial charge in [0.15, 0.2) is 11.6 Å². The van der Waals surface area contributed by atoms with Crippen molar-refractivity contribution in [3.05, 3.63) is 45.6 Å². The van der Waals surface area contributed by atoms with Crippen molar-refractivity contribution in [2.75, 3.05) is 0 Å². The molecule has 7 heteroatoms. The molecule has 0 spiro atoms. The number of rotatable bonds is 4. The molecule has 1 aliphatic carbocycles. The Morgan fingerprint density at radius 1 is 1.06 bits per heavy atom. The Bertz CT molecular complexity index is 1160. The van der Waals surface area contributed by atoms with Gasteiger partial charge >= 0.3 is 5.97 Å². The highest BCUT2D eigenvalue weighted by Gasteiger charge is 2.55. The number of thiazole rings is 1. The highest BCUT2D eigenvalue weighted by atomic mass is 35.5. The van der Waals surface area contributed by atoms with Crippen LogP contribution in [0.2, 0.25) is 5.02 Å². The number of hydrogen-bond donors (Lipinski definition) is 0. The second kappa shape index (κ2) is 8.48. The van der Waals surface area contributed by atoms with Crippen LogP contribution in [0.15, 0.2) is 30.0 Å². The van der Waals surface area contributed by atoms with Crippen LogP contribution in [0.25, 0.3) is 16.1 Å². The lowest BCUT2D eigenvalue weighted by atomic mass is 9.63. The summed E-state index contributed by atoms with van der Waals surface area (Å²) in [6.45, 7) is 13.8. The third-order valence-corrected chi connectivity index (χ3v) is 7.38. The highest BCUT2D eigenvalue weighted by molar-refractivity contribution is 7.15. The number of hydrogen-bond acceptors (Lipinski definition) is 6. The number of carbonyl (C=O) groups excluding carboxylic acids is 3. The number of ketones is 2. The van der Waals surface area contributed by atoms with Gasteiger partial charge in [-0.3, -0.25) is 14.4 Å². The van der Waals surface area contributed by atoms with Crippen molar-refractivity contribution >= 4 is 46.0 Å². The molecule has 0 N–H and O–H groups in total. The molecule has 0 amide bonds. The summed E-state index contributed by atoms with van der Waals surface area (Å²) in [6.07, 6.45) is 0.632. The highest BCUT2D eigenvalue weighted by Crippen LogP contribution is 2.49. The number of nitrogens with zero attached hydrogens (tertiary/aromatic N) is 1. The molecular formula is C26H30ClNO4S. The molecule has 1 aliphatic rings. The second-order valence-corrected chi connectivity index (χ2v) is 11.9. The molecule has 0 saturated heterocycles. The fraction of sp³-hybridized carbons (Fsp3) is 0.462. The lowest BCUT2D eigenvalue weighted by molar-refractivity contribution is -0.153. The number of halogens is 1. The first-order chi connectivity index (χ1) is 15.1. The van der Waals surface area contributed by atoms with E-state index in [2.05, 4.69) is 0 Å². The topological polar surface area (TPSA) is 73.3 Å². The van der Waals surface area contributed by atoms with Crippen molar-refractivity contribution in [3.8, 4) is 10.6 Å². The lowest BCUT2D eigenvalue weighted by Crippen LogP contribution is -2.49. The van der Waals surface area contributed by atoms with Gasteiger partial charge in [-0.15, -0.1) is 11.3 Å². The zero-order valence-corrected chi connectivity index (χ0v) is 22.0. The normalized spacial score (nSPS) is 18.0. The van der Waals surface area contributed by atoms with Gasteiger partial charge in [0, 0.05) is 15.5 Å². The van der Waals surface area contributed by atoms with Crippen molar-refractivity contribution in [3.63, 3.8) is 0 Å². The predicted octanol–water partition coefficient (Wildman–Crippen LogP) is 6.53. The summed E-state index contributed by atoms with van der Waals surface area (Å²) in [6, 6.07) is 7.32. The van der Waals surface area contributed by atoms with E-state index in [0.717, 1.165) is 15.4 Å². The molecule has 0 atom stereocenters. The van der Waals surface area contributed by atoms with Crippen molar-refractivity contribution in [2.45, 2.75) is 61.8 Å². The molecule has 0 fully saturated rings. The standard InChI is InChI=1S/C26H30ClNO4S/c1-9-16-18(28-21(33-16)14-10-12-15(27)13-11-14)17-19(29)25(5,6)22(30)26(7,8)20(17)32-23(31)24(2,3)4/h10-13H,9H2,1-8H3. The van der Waals surface area contributed by atoms with E-state index >= 15 is 0 Å². The SMILES string of the molecule is CCc1sc(-c2ccc(Cl)cc2)nc1C1=C(OC(=O)C(C)(C)C)C(C)(C)C(=O)C(C)(C)C1=O. The van der Waals surface area contributed by atoms with E-state index in [4.69, 9.17) is 21.3 Å². The first kappa shape index (κ1) is 25.3. The van der Waals surface area contributed by atoms with E-state index in [9.17, 15) is 14.4 Å². The Hall–Kier alpha value is -2.31. The average molecular weight is 488 g/mol. The number of ether oxygens (including phenoxy) is 1. The first-order valence-corrected chi connectivity index (χ1v) is 12.1. The second-order valence-electron chi connectivity index (χ2n) is 10.4. The van der Waals surface area contributed by atoms with Gasteiger partial charge in [0.05, 0.1) is 27.5 Å². The summed E-state index contributed by atoms with van der Waals surface area (Å²) in [5, 5.41) is 1.35. The van der Waals surface area contributed by atoms with Crippen molar-refractivity contribution < 1.29 is 19.1 Å². The average Bonchev–Trinajstić information content (AvgIpc) is 3.15. The van der Waals surface area contributed by atoms with Gasteiger partial charge in [0.2, 0.25) is 0 Å². The van der Waals surface area contributed by atoms with Gasteiger partial charge < -0.3 is 4.74 Å². The molecule has 176 valence electrons. The van der Waals surface area contributed by atoms with Crippen LogP contribution in [-0.4, -0.2) is 22.5 Å². The van der Waals surface area contributed by atoms with Crippen molar-refractivity contribution in [1.29, 1.82) is 0 Å². The Morgan fingerprint density at radius 2 is 1.64 bits per heavy atom. The smallest absolute Gasteiger partial charge is 0.316 e. The molecule has 3 rings (SSSR count). The largest absolute Gasteiger partial charge is 0.429 e. The summed E-state index contributed by atoms with van der Waals surface area (Å²) in [4.78, 5) is 45.6. The van der Waals surface area contributed by atoms with Crippen LogP contribution in [0.1, 0.15) is 66.0 Å². The Labute approximate surface area is 204 Å². The quantitative estimate of drug-likeness (QED) is 0.362. The molecular weight excluding hydrogens is 458 g/mol. The monoisotopic (exact) mass is 487 g/mol. The van der Waals surface area contributed by atoms with Gasteiger partial charge in [0.1, 0.15) is 10.8 Å². The summed E-state index contributed by atoms with van der Waals surface area (Å²) >= 11 is 7.51. The number of aromatic nitrogens is 1. The molecule has 0 radical (unpaired) electrons. The van der Waals surface area contributed by atoms with E-state index in [1.54, 1.807) is 60.6 Å². The maximum atomic E-state index is 13.7. The van der Waals surface area contributed by atoms with Crippen LogP contribution in [0.3, 0.4) is 0 Å². The Kier molecular flexibility index (Phi) is 6.50. The minimum absolute atomic E-state index is 0.0828. The third kappa shape index (κ3) is 4.43. The fourth-order valence-electron chi connectivity index (χ4n) is 3.86. The first-order valence-electron chi connectivity index (χ1n) is 10.9. The fourth-order valence-corrected chi connectivity index (χ4v) is 5.00. The van der Waals surface area contributed by atoms with Gasteiger partial charge in [-0.2, -0.15) is 0 Å². The van der Waals surface area contributed by atoms with Gasteiger partial charge in [0.25, 0.3) is 0 Å². The lowest BCUT2D eigenvalue weighted by Gasteiger charge is -2.40. The van der Waals surface area contributed by atoms with Crippen LogP contribution >= 0.6 is 22.9 Å². The maximum Gasteiger partial charge on any atom is 0.316 e. The predicted molar refractivity (Wildman–Crippen MR) is 132 cm³/mol. The molecule has 2 aromatic rings. The summed E-state index contributed by atoms with van der Waals surface area (Å²) in [5.74, 6) is -1.09. The number of allylic oxidation sites excluding steroid dienone is 2. The van der Waals surface area contributed by atoms with E-state index in [1.165, 1.54) is 11.3 Å². The summed E-state index contributed by atoms with van der Waals surface area (Å²) in [7, 11) is 0. The molecule has 33 heavy (non-hydrogen) atoms. The number of aryl methyl sites for hydroxylation is 1. The van der Waals surface area contributed by atoms with Crippen molar-refractivity contribution in [1.82, 2.24) is 4.98 Å². The third-order valence-electron chi connectivity index (χ3n) is 5.88. The van der Waals surface area contributed by atoms with E-state index in [0.29, 0.717) is 17.1 Å². The van der Waals surface area contributed by atoms with Gasteiger partial charge in [-0.25, -0.2) is 4.98 Å². The molecule has 1 heterocycles. The Balaban J connectivity index is 2.31. The number of esters is 1. The van der Waals surface area contributed by atoms with E-state index < -0.39 is 22.2 Å². The minimum atomic E-state index is -1.27. The van der Waals surface area contributed by atoms with Crippen LogP contribution in [-0.2, 0) is 25.5 Å². The molecule has 0 saturated carbocycles.